The molecule has 258 valence electrons. The Morgan fingerprint density at radius 2 is 0.945 bits per heavy atom. The number of thiophene rings is 1. The summed E-state index contributed by atoms with van der Waals surface area (Å²) in [5.74, 6) is 0. The van der Waals surface area contributed by atoms with Crippen molar-refractivity contribution in [3.05, 3.63) is 200 Å². The van der Waals surface area contributed by atoms with E-state index in [0.717, 1.165) is 55.7 Å². The molecule has 0 saturated heterocycles. The number of hydrogen-bond acceptors (Lipinski definition) is 3. The molecule has 55 heavy (non-hydrogen) atoms. The molecule has 2 heterocycles. The number of rotatable bonds is 6. The first-order valence-corrected chi connectivity index (χ1v) is 19.5. The van der Waals surface area contributed by atoms with Crippen molar-refractivity contribution in [1.82, 2.24) is 0 Å². The molecule has 0 radical (unpaired) electrons. The van der Waals surface area contributed by atoms with Crippen LogP contribution in [0.15, 0.2) is 205 Å². The molecule has 3 heteroatoms. The molecule has 0 atom stereocenters. The third-order valence-corrected chi connectivity index (χ3v) is 12.0. The molecule has 2 nitrogen and oxygen atoms in total. The van der Waals surface area contributed by atoms with Crippen molar-refractivity contribution >= 4 is 81.3 Å². The van der Waals surface area contributed by atoms with E-state index in [2.05, 4.69) is 193 Å². The van der Waals surface area contributed by atoms with Gasteiger partial charge in [-0.15, -0.1) is 11.3 Å². The largest absolute Gasteiger partial charge is 0.456 e. The maximum atomic E-state index is 6.25. The lowest BCUT2D eigenvalue weighted by atomic mass is 9.96. The molecule has 0 N–H and O–H groups in total. The van der Waals surface area contributed by atoms with Crippen molar-refractivity contribution in [1.29, 1.82) is 0 Å². The number of fused-ring (bicyclic) bond motifs is 7. The maximum absolute atomic E-state index is 6.25. The van der Waals surface area contributed by atoms with Crippen LogP contribution in [0.25, 0.3) is 86.3 Å². The first-order chi connectivity index (χ1) is 27.2. The Kier molecular flexibility index (Phi) is 7.39. The number of anilines is 3. The van der Waals surface area contributed by atoms with Gasteiger partial charge in [0.25, 0.3) is 0 Å². The van der Waals surface area contributed by atoms with Gasteiger partial charge in [0.1, 0.15) is 11.2 Å². The van der Waals surface area contributed by atoms with Gasteiger partial charge in [-0.05, 0) is 99.8 Å². The second-order valence-corrected chi connectivity index (χ2v) is 15.2. The zero-order valence-corrected chi connectivity index (χ0v) is 30.6. The van der Waals surface area contributed by atoms with Gasteiger partial charge in [-0.3, -0.25) is 0 Å². The predicted molar refractivity (Wildman–Crippen MR) is 235 cm³/mol. The molecule has 11 aromatic rings. The summed E-state index contributed by atoms with van der Waals surface area (Å²) < 4.78 is 8.87. The monoisotopic (exact) mass is 719 g/mol. The van der Waals surface area contributed by atoms with Gasteiger partial charge in [0.15, 0.2) is 0 Å². The molecule has 0 amide bonds. The summed E-state index contributed by atoms with van der Waals surface area (Å²) in [7, 11) is 0. The molecule has 0 aliphatic heterocycles. The smallest absolute Gasteiger partial charge is 0.135 e. The minimum atomic E-state index is 0.893. The minimum absolute atomic E-state index is 0.893. The molecule has 0 fully saturated rings. The number of nitrogens with zero attached hydrogens (tertiary/aromatic N) is 1. The number of benzene rings is 9. The second-order valence-electron chi connectivity index (χ2n) is 14.1. The fourth-order valence-electron chi connectivity index (χ4n) is 8.21. The van der Waals surface area contributed by atoms with Crippen LogP contribution in [0.1, 0.15) is 0 Å². The fourth-order valence-corrected chi connectivity index (χ4v) is 9.30. The van der Waals surface area contributed by atoms with Gasteiger partial charge in [0.05, 0.1) is 11.4 Å². The van der Waals surface area contributed by atoms with Gasteiger partial charge >= 0.3 is 0 Å². The Bertz CT molecular complexity index is 3240. The van der Waals surface area contributed by atoms with Crippen molar-refractivity contribution in [2.45, 2.75) is 0 Å². The topological polar surface area (TPSA) is 16.4 Å². The fraction of sp³-hybridized carbons (Fsp3) is 0. The van der Waals surface area contributed by atoms with Gasteiger partial charge in [-0.1, -0.05) is 133 Å². The summed E-state index contributed by atoms with van der Waals surface area (Å²) in [5.41, 5.74) is 12.1. The lowest BCUT2D eigenvalue weighted by Crippen LogP contribution is -2.12. The van der Waals surface area contributed by atoms with E-state index in [1.165, 1.54) is 47.6 Å². The summed E-state index contributed by atoms with van der Waals surface area (Å²) in [6.45, 7) is 0. The van der Waals surface area contributed by atoms with Crippen LogP contribution in [0.5, 0.6) is 0 Å². The van der Waals surface area contributed by atoms with E-state index >= 15 is 0 Å². The van der Waals surface area contributed by atoms with Crippen molar-refractivity contribution < 1.29 is 4.42 Å². The molecule has 11 rings (SSSR count). The highest BCUT2D eigenvalue weighted by molar-refractivity contribution is 7.25. The number of furan rings is 1. The van der Waals surface area contributed by atoms with Crippen LogP contribution in [-0.2, 0) is 0 Å². The second kappa shape index (κ2) is 12.9. The van der Waals surface area contributed by atoms with Crippen molar-refractivity contribution in [2.75, 3.05) is 4.90 Å². The molecule has 0 unspecified atom stereocenters. The third kappa shape index (κ3) is 5.40. The molecule has 0 aliphatic carbocycles. The highest BCUT2D eigenvalue weighted by Crippen LogP contribution is 2.46. The Labute approximate surface area is 322 Å². The Balaban J connectivity index is 1.13. The van der Waals surface area contributed by atoms with E-state index in [4.69, 9.17) is 4.42 Å². The van der Waals surface area contributed by atoms with E-state index in [1.54, 1.807) is 0 Å². The van der Waals surface area contributed by atoms with E-state index in [9.17, 15) is 0 Å². The summed E-state index contributed by atoms with van der Waals surface area (Å²) in [5, 5.41) is 7.30. The SMILES string of the molecule is c1cc(-c2ccc3sc4ccccc4c3c2)cc(N(c2ccccc2-c2ccc3ccccc3c2)c2ccccc2-c2ccc3oc4ccccc4c3c2)c1. The Morgan fingerprint density at radius 1 is 0.345 bits per heavy atom. The molecule has 0 saturated carbocycles. The lowest BCUT2D eigenvalue weighted by Gasteiger charge is -2.30. The summed E-state index contributed by atoms with van der Waals surface area (Å²) in [6, 6.07) is 72.5. The van der Waals surface area contributed by atoms with Crippen LogP contribution < -0.4 is 4.90 Å². The standard InChI is InChI=1S/C52H33NOS/c1-2-13-35-30-38(25-24-34(35)12-1)41-16-3-7-20-47(41)53(40-15-11-14-36(31-40)37-27-29-52-46(32-37)44-19-6-10-23-51(44)55-52)48-21-8-4-17-42(48)39-26-28-50-45(33-39)43-18-5-9-22-49(43)54-50/h1-33H. The highest BCUT2D eigenvalue weighted by atomic mass is 32.1. The average Bonchev–Trinajstić information content (AvgIpc) is 3.82. The molecule has 9 aromatic carbocycles. The van der Waals surface area contributed by atoms with Crippen LogP contribution in [0.2, 0.25) is 0 Å². The third-order valence-electron chi connectivity index (χ3n) is 10.9. The Morgan fingerprint density at radius 3 is 1.80 bits per heavy atom. The average molecular weight is 720 g/mol. The summed E-state index contributed by atoms with van der Waals surface area (Å²) >= 11 is 1.86. The van der Waals surface area contributed by atoms with Crippen LogP contribution in [0.4, 0.5) is 17.1 Å². The van der Waals surface area contributed by atoms with Gasteiger partial charge in [-0.2, -0.15) is 0 Å². The first kappa shape index (κ1) is 31.6. The molecule has 0 aliphatic rings. The summed E-state index contributed by atoms with van der Waals surface area (Å²) in [4.78, 5) is 2.44. The van der Waals surface area contributed by atoms with Crippen LogP contribution in [-0.4, -0.2) is 0 Å². The predicted octanol–water partition coefficient (Wildman–Crippen LogP) is 15.6. The minimum Gasteiger partial charge on any atom is -0.456 e. The van der Waals surface area contributed by atoms with Crippen molar-refractivity contribution in [3.8, 4) is 33.4 Å². The van der Waals surface area contributed by atoms with Crippen LogP contribution >= 0.6 is 11.3 Å². The normalized spacial score (nSPS) is 11.6. The molecular formula is C52H33NOS. The van der Waals surface area contributed by atoms with E-state index < -0.39 is 0 Å². The van der Waals surface area contributed by atoms with E-state index in [0.29, 0.717) is 0 Å². The van der Waals surface area contributed by atoms with Crippen LogP contribution in [0, 0.1) is 0 Å². The number of para-hydroxylation sites is 3. The van der Waals surface area contributed by atoms with Crippen LogP contribution in [0.3, 0.4) is 0 Å². The number of hydrogen-bond donors (Lipinski definition) is 0. The van der Waals surface area contributed by atoms with Gasteiger partial charge in [-0.25, -0.2) is 0 Å². The Hall–Kier alpha value is -6.94. The lowest BCUT2D eigenvalue weighted by molar-refractivity contribution is 0.669. The van der Waals surface area contributed by atoms with Gasteiger partial charge < -0.3 is 9.32 Å². The maximum Gasteiger partial charge on any atom is 0.135 e. The summed E-state index contributed by atoms with van der Waals surface area (Å²) in [6.07, 6.45) is 0. The molecule has 0 bridgehead atoms. The first-order valence-electron chi connectivity index (χ1n) is 18.7. The molecular weight excluding hydrogens is 687 g/mol. The van der Waals surface area contributed by atoms with Crippen molar-refractivity contribution in [3.63, 3.8) is 0 Å². The zero-order valence-electron chi connectivity index (χ0n) is 29.8. The van der Waals surface area contributed by atoms with Gasteiger partial charge in [0.2, 0.25) is 0 Å². The highest BCUT2D eigenvalue weighted by Gasteiger charge is 2.22. The quantitative estimate of drug-likeness (QED) is 0.170. The van der Waals surface area contributed by atoms with E-state index in [1.807, 2.05) is 23.5 Å². The zero-order chi connectivity index (χ0) is 36.3. The molecule has 0 spiro atoms. The van der Waals surface area contributed by atoms with Gasteiger partial charge in [0, 0.05) is 47.8 Å². The van der Waals surface area contributed by atoms with E-state index in [-0.39, 0.29) is 0 Å². The molecule has 2 aromatic heterocycles. The van der Waals surface area contributed by atoms with Crippen molar-refractivity contribution in [2.24, 2.45) is 0 Å².